The molecule has 0 atom stereocenters. The molecule has 1 aromatic rings. The van der Waals surface area contributed by atoms with Gasteiger partial charge in [0.25, 0.3) is 0 Å². The first-order valence-electron chi connectivity index (χ1n) is 6.99. The van der Waals surface area contributed by atoms with Gasteiger partial charge in [-0.1, -0.05) is 38.5 Å². The topological polar surface area (TPSA) is 9.23 Å². The van der Waals surface area contributed by atoms with Gasteiger partial charge < -0.3 is 4.74 Å². The Balaban J connectivity index is 2.65. The highest BCUT2D eigenvalue weighted by Gasteiger charge is 2.06. The summed E-state index contributed by atoms with van der Waals surface area (Å²) < 4.78 is 5.89. The zero-order valence-electron chi connectivity index (χ0n) is 12.1. The van der Waals surface area contributed by atoms with E-state index < -0.39 is 0 Å². The van der Waals surface area contributed by atoms with Gasteiger partial charge >= 0.3 is 0 Å². The van der Waals surface area contributed by atoms with Crippen LogP contribution in [-0.2, 0) is 0 Å². The third-order valence-electron chi connectivity index (χ3n) is 3.26. The molecule has 0 spiro atoms. The van der Waals surface area contributed by atoms with Gasteiger partial charge in [-0.05, 0) is 36.6 Å². The Morgan fingerprint density at radius 2 is 2.00 bits per heavy atom. The van der Waals surface area contributed by atoms with Crippen LogP contribution >= 0.6 is 11.6 Å². The maximum Gasteiger partial charge on any atom is 0.122 e. The predicted octanol–water partition coefficient (Wildman–Crippen LogP) is 4.79. The lowest BCUT2D eigenvalue weighted by atomic mass is 10.1. The Bertz CT molecular complexity index is 438. The molecule has 2 heteroatoms. The molecule has 1 aromatic carbocycles. The van der Waals surface area contributed by atoms with E-state index in [1.807, 2.05) is 12.1 Å². The normalized spacial score (nSPS) is 10.2. The zero-order valence-corrected chi connectivity index (χ0v) is 12.9. The Morgan fingerprint density at radius 1 is 1.26 bits per heavy atom. The smallest absolute Gasteiger partial charge is 0.122 e. The molecule has 0 saturated heterocycles. The molecule has 0 radical (unpaired) electrons. The van der Waals surface area contributed by atoms with Crippen LogP contribution in [0, 0.1) is 24.7 Å². The lowest BCUT2D eigenvalue weighted by Gasteiger charge is -2.15. The summed E-state index contributed by atoms with van der Waals surface area (Å²) in [6.45, 7) is 7.28. The standard InChI is InChI=1S/C17H23ClO/c1-4-15(5-2)13-19-17-10-9-16(12-14(17)3)8-6-7-11-18/h9-10,12,15H,4-5,7,11,13H2,1-3H3. The van der Waals surface area contributed by atoms with Crippen molar-refractivity contribution in [1.82, 2.24) is 0 Å². The first-order valence-corrected chi connectivity index (χ1v) is 7.53. The summed E-state index contributed by atoms with van der Waals surface area (Å²) in [6, 6.07) is 6.10. The Kier molecular flexibility index (Phi) is 7.45. The van der Waals surface area contributed by atoms with Crippen molar-refractivity contribution in [3.63, 3.8) is 0 Å². The molecular formula is C17H23ClO. The second-order valence-corrected chi connectivity index (χ2v) is 5.09. The average molecular weight is 279 g/mol. The molecule has 0 unspecified atom stereocenters. The molecule has 1 nitrogen and oxygen atoms in total. The van der Waals surface area contributed by atoms with Crippen LogP contribution in [0.4, 0.5) is 0 Å². The van der Waals surface area contributed by atoms with Crippen LogP contribution in [0.15, 0.2) is 18.2 Å². The van der Waals surface area contributed by atoms with Crippen LogP contribution < -0.4 is 4.74 Å². The van der Waals surface area contributed by atoms with Gasteiger partial charge in [-0.2, -0.15) is 0 Å². The number of ether oxygens (including phenoxy) is 1. The van der Waals surface area contributed by atoms with E-state index in [1.54, 1.807) is 0 Å². The van der Waals surface area contributed by atoms with Crippen LogP contribution in [0.2, 0.25) is 0 Å². The first-order chi connectivity index (χ1) is 9.21. The molecule has 0 heterocycles. The molecule has 0 aromatic heterocycles. The van der Waals surface area contributed by atoms with Gasteiger partial charge in [-0.15, -0.1) is 11.6 Å². The summed E-state index contributed by atoms with van der Waals surface area (Å²) in [4.78, 5) is 0. The van der Waals surface area contributed by atoms with Crippen molar-refractivity contribution >= 4 is 11.6 Å². The van der Waals surface area contributed by atoms with Crippen LogP contribution in [0.5, 0.6) is 5.75 Å². The van der Waals surface area contributed by atoms with Gasteiger partial charge in [0.1, 0.15) is 5.75 Å². The molecule has 0 N–H and O–H groups in total. The third-order valence-corrected chi connectivity index (χ3v) is 3.45. The molecular weight excluding hydrogens is 256 g/mol. The number of halogens is 1. The van der Waals surface area contributed by atoms with Crippen molar-refractivity contribution in [3.05, 3.63) is 29.3 Å². The highest BCUT2D eigenvalue weighted by Crippen LogP contribution is 2.20. The van der Waals surface area contributed by atoms with E-state index in [2.05, 4.69) is 38.7 Å². The van der Waals surface area contributed by atoms with E-state index in [4.69, 9.17) is 16.3 Å². The minimum atomic E-state index is 0.586. The third kappa shape index (κ3) is 5.57. The summed E-state index contributed by atoms with van der Waals surface area (Å²) in [6.07, 6.45) is 3.06. The van der Waals surface area contributed by atoms with E-state index in [1.165, 1.54) is 0 Å². The second-order valence-electron chi connectivity index (χ2n) is 4.71. The minimum absolute atomic E-state index is 0.586. The predicted molar refractivity (Wildman–Crippen MR) is 83.0 cm³/mol. The Morgan fingerprint density at radius 3 is 2.58 bits per heavy atom. The van der Waals surface area contributed by atoms with E-state index in [0.717, 1.165) is 42.7 Å². The molecule has 1 rings (SSSR count). The van der Waals surface area contributed by atoms with Crippen molar-refractivity contribution in [3.8, 4) is 17.6 Å². The fraction of sp³-hybridized carbons (Fsp3) is 0.529. The Hall–Kier alpha value is -1.13. The van der Waals surface area contributed by atoms with Gasteiger partial charge in [0.05, 0.1) is 6.61 Å². The lowest BCUT2D eigenvalue weighted by molar-refractivity contribution is 0.239. The van der Waals surface area contributed by atoms with E-state index in [-0.39, 0.29) is 0 Å². The number of aryl methyl sites for hydroxylation is 1. The summed E-state index contributed by atoms with van der Waals surface area (Å²) in [5.74, 6) is 8.35. The first kappa shape index (κ1) is 15.9. The van der Waals surface area contributed by atoms with Crippen molar-refractivity contribution in [1.29, 1.82) is 0 Å². The average Bonchev–Trinajstić information content (AvgIpc) is 2.42. The highest BCUT2D eigenvalue weighted by molar-refractivity contribution is 6.18. The molecule has 0 aliphatic carbocycles. The van der Waals surface area contributed by atoms with E-state index in [9.17, 15) is 0 Å². The molecule has 0 aliphatic rings. The lowest BCUT2D eigenvalue weighted by Crippen LogP contribution is -2.10. The van der Waals surface area contributed by atoms with Crippen LogP contribution in [0.25, 0.3) is 0 Å². The van der Waals surface area contributed by atoms with Gasteiger partial charge in [-0.3, -0.25) is 0 Å². The van der Waals surface area contributed by atoms with Crippen molar-refractivity contribution in [2.24, 2.45) is 5.92 Å². The molecule has 0 bridgehead atoms. The number of rotatable bonds is 6. The van der Waals surface area contributed by atoms with Crippen LogP contribution in [0.1, 0.15) is 44.2 Å². The monoisotopic (exact) mass is 278 g/mol. The maximum atomic E-state index is 5.89. The molecule has 104 valence electrons. The molecule has 0 amide bonds. The van der Waals surface area contributed by atoms with Crippen LogP contribution in [-0.4, -0.2) is 12.5 Å². The van der Waals surface area contributed by atoms with Gasteiger partial charge in [-0.25, -0.2) is 0 Å². The largest absolute Gasteiger partial charge is 0.493 e. The molecule has 0 fully saturated rings. The van der Waals surface area contributed by atoms with Crippen molar-refractivity contribution in [2.45, 2.75) is 40.0 Å². The molecule has 0 aliphatic heterocycles. The Labute approximate surface area is 122 Å². The van der Waals surface area contributed by atoms with Gasteiger partial charge in [0.2, 0.25) is 0 Å². The summed E-state index contributed by atoms with van der Waals surface area (Å²) in [5.41, 5.74) is 2.17. The van der Waals surface area contributed by atoms with Crippen LogP contribution in [0.3, 0.4) is 0 Å². The van der Waals surface area contributed by atoms with Gasteiger partial charge in [0.15, 0.2) is 0 Å². The molecule has 0 saturated carbocycles. The maximum absolute atomic E-state index is 5.89. The fourth-order valence-corrected chi connectivity index (χ4v) is 1.93. The van der Waals surface area contributed by atoms with Crippen molar-refractivity contribution in [2.75, 3.05) is 12.5 Å². The summed E-state index contributed by atoms with van der Waals surface area (Å²) in [7, 11) is 0. The van der Waals surface area contributed by atoms with E-state index in [0.29, 0.717) is 11.8 Å². The minimum Gasteiger partial charge on any atom is -0.493 e. The van der Waals surface area contributed by atoms with Crippen molar-refractivity contribution < 1.29 is 4.74 Å². The zero-order chi connectivity index (χ0) is 14.1. The number of hydrogen-bond acceptors (Lipinski definition) is 1. The van der Waals surface area contributed by atoms with Gasteiger partial charge in [0, 0.05) is 17.9 Å². The number of benzene rings is 1. The number of hydrogen-bond donors (Lipinski definition) is 0. The SMILES string of the molecule is CCC(CC)COc1ccc(C#CCCCl)cc1C. The summed E-state index contributed by atoms with van der Waals surface area (Å²) >= 11 is 5.60. The quantitative estimate of drug-likeness (QED) is 0.537. The summed E-state index contributed by atoms with van der Waals surface area (Å²) in [5, 5.41) is 0. The second kappa shape index (κ2) is 8.88. The van der Waals surface area contributed by atoms with E-state index >= 15 is 0 Å². The fourth-order valence-electron chi connectivity index (χ4n) is 1.83. The number of alkyl halides is 1. The highest BCUT2D eigenvalue weighted by atomic mass is 35.5. The molecule has 19 heavy (non-hydrogen) atoms.